The molecule has 0 aromatic carbocycles. The molecule has 8 heteroatoms. The van der Waals surface area contributed by atoms with E-state index in [9.17, 15) is 14.4 Å². The van der Waals surface area contributed by atoms with Gasteiger partial charge in [0.1, 0.15) is 12.1 Å². The highest BCUT2D eigenvalue weighted by molar-refractivity contribution is 5.91. The van der Waals surface area contributed by atoms with Gasteiger partial charge in [-0.15, -0.1) is 0 Å². The molecular weight excluding hydrogens is 338 g/mol. The highest BCUT2D eigenvalue weighted by atomic mass is 16.6. The van der Waals surface area contributed by atoms with Crippen LogP contribution in [0, 0.1) is 0 Å². The van der Waals surface area contributed by atoms with Gasteiger partial charge in [0.25, 0.3) is 5.91 Å². The molecule has 0 atom stereocenters. The number of likely N-dealkylation sites (tertiary alicyclic amines) is 1. The zero-order valence-electron chi connectivity index (χ0n) is 15.8. The van der Waals surface area contributed by atoms with Crippen molar-refractivity contribution in [2.24, 2.45) is 0 Å². The highest BCUT2D eigenvalue weighted by Crippen LogP contribution is 2.14. The number of piperidine rings is 1. The summed E-state index contributed by atoms with van der Waals surface area (Å²) in [6, 6.07) is 3.31. The van der Waals surface area contributed by atoms with Crippen LogP contribution in [0.3, 0.4) is 0 Å². The Hall–Kier alpha value is -2.51. The Morgan fingerprint density at radius 1 is 1.31 bits per heavy atom. The van der Waals surface area contributed by atoms with E-state index in [1.807, 2.05) is 0 Å². The van der Waals surface area contributed by atoms with Gasteiger partial charge in [-0.05, 0) is 45.7 Å². The molecule has 1 N–H and O–H groups in total. The predicted molar refractivity (Wildman–Crippen MR) is 94.6 cm³/mol. The number of amides is 3. The Morgan fingerprint density at radius 3 is 2.50 bits per heavy atom. The number of carbonyl (C=O) groups excluding carboxylic acids is 3. The normalized spacial score (nSPS) is 15.5. The van der Waals surface area contributed by atoms with E-state index < -0.39 is 11.7 Å². The Labute approximate surface area is 153 Å². The molecule has 1 aromatic rings. The largest absolute Gasteiger partial charge is 0.459 e. The number of carbonyl (C=O) groups is 3. The van der Waals surface area contributed by atoms with E-state index in [0.29, 0.717) is 31.7 Å². The maximum absolute atomic E-state index is 12.2. The molecule has 0 unspecified atom stereocenters. The molecule has 0 radical (unpaired) electrons. The van der Waals surface area contributed by atoms with Crippen LogP contribution in [0.5, 0.6) is 0 Å². The summed E-state index contributed by atoms with van der Waals surface area (Å²) in [6.07, 6.45) is 2.26. The maximum Gasteiger partial charge on any atom is 0.410 e. The van der Waals surface area contributed by atoms with Crippen molar-refractivity contribution < 1.29 is 23.5 Å². The molecule has 0 aliphatic carbocycles. The van der Waals surface area contributed by atoms with Gasteiger partial charge in [-0.25, -0.2) is 4.79 Å². The van der Waals surface area contributed by atoms with Crippen molar-refractivity contribution >= 4 is 17.9 Å². The minimum absolute atomic E-state index is 0.0183. The number of hydrogen-bond donors (Lipinski definition) is 1. The van der Waals surface area contributed by atoms with Crippen LogP contribution in [0.1, 0.15) is 44.2 Å². The summed E-state index contributed by atoms with van der Waals surface area (Å²) in [5, 5.41) is 2.91. The molecule has 1 saturated heterocycles. The second-order valence-electron chi connectivity index (χ2n) is 7.45. The summed E-state index contributed by atoms with van der Waals surface area (Å²) in [5.41, 5.74) is -0.602. The summed E-state index contributed by atoms with van der Waals surface area (Å²) in [6.45, 7) is 6.35. The molecule has 0 saturated carbocycles. The SMILES string of the molecule is CN(CC(=O)NC1CCN(C(=O)c2ccco2)CC1)C(=O)OC(C)(C)C. The fourth-order valence-electron chi connectivity index (χ4n) is 2.68. The molecule has 144 valence electrons. The molecule has 26 heavy (non-hydrogen) atoms. The number of rotatable bonds is 4. The van der Waals surface area contributed by atoms with Gasteiger partial charge < -0.3 is 24.3 Å². The van der Waals surface area contributed by atoms with Crippen molar-refractivity contribution in [3.63, 3.8) is 0 Å². The van der Waals surface area contributed by atoms with E-state index in [0.717, 1.165) is 0 Å². The third kappa shape index (κ3) is 5.79. The van der Waals surface area contributed by atoms with Crippen LogP contribution in [0.4, 0.5) is 4.79 Å². The van der Waals surface area contributed by atoms with Crippen LogP contribution in [0.15, 0.2) is 22.8 Å². The fourth-order valence-corrected chi connectivity index (χ4v) is 2.68. The first-order valence-electron chi connectivity index (χ1n) is 8.72. The molecule has 1 aliphatic rings. The number of hydrogen-bond acceptors (Lipinski definition) is 5. The zero-order valence-corrected chi connectivity index (χ0v) is 15.8. The third-order valence-electron chi connectivity index (χ3n) is 3.97. The average molecular weight is 365 g/mol. The lowest BCUT2D eigenvalue weighted by Gasteiger charge is -2.32. The van der Waals surface area contributed by atoms with Crippen LogP contribution in [-0.4, -0.2) is 66.0 Å². The van der Waals surface area contributed by atoms with Crippen LogP contribution in [0.25, 0.3) is 0 Å². The van der Waals surface area contributed by atoms with Gasteiger partial charge in [-0.3, -0.25) is 9.59 Å². The topological polar surface area (TPSA) is 92.1 Å². The van der Waals surface area contributed by atoms with Gasteiger partial charge in [-0.1, -0.05) is 0 Å². The van der Waals surface area contributed by atoms with Gasteiger partial charge in [0.2, 0.25) is 5.91 Å². The average Bonchev–Trinajstić information content (AvgIpc) is 3.07. The predicted octanol–water partition coefficient (Wildman–Crippen LogP) is 1.87. The van der Waals surface area contributed by atoms with E-state index >= 15 is 0 Å². The molecule has 1 fully saturated rings. The first kappa shape index (κ1) is 19.8. The standard InChI is InChI=1S/C18H27N3O5/c1-18(2,3)26-17(24)20(4)12-15(22)19-13-7-9-21(10-8-13)16(23)14-6-5-11-25-14/h5-6,11,13H,7-10,12H2,1-4H3,(H,19,22). The van der Waals surface area contributed by atoms with E-state index in [1.165, 1.54) is 18.2 Å². The molecule has 8 nitrogen and oxygen atoms in total. The lowest BCUT2D eigenvalue weighted by molar-refractivity contribution is -0.123. The Bertz CT molecular complexity index is 628. The minimum Gasteiger partial charge on any atom is -0.459 e. The van der Waals surface area contributed by atoms with Crippen molar-refractivity contribution in [3.8, 4) is 0 Å². The molecule has 3 amide bonds. The van der Waals surface area contributed by atoms with Crippen LogP contribution in [0.2, 0.25) is 0 Å². The Morgan fingerprint density at radius 2 is 1.96 bits per heavy atom. The lowest BCUT2D eigenvalue weighted by atomic mass is 10.0. The summed E-state index contributed by atoms with van der Waals surface area (Å²) >= 11 is 0. The minimum atomic E-state index is -0.602. The molecule has 1 aromatic heterocycles. The molecule has 0 bridgehead atoms. The third-order valence-corrected chi connectivity index (χ3v) is 3.97. The van der Waals surface area contributed by atoms with Crippen molar-refractivity contribution in [1.82, 2.24) is 15.1 Å². The second kappa shape index (κ2) is 8.25. The summed E-state index contributed by atoms with van der Waals surface area (Å²) in [4.78, 5) is 39.2. The van der Waals surface area contributed by atoms with Crippen LogP contribution >= 0.6 is 0 Å². The monoisotopic (exact) mass is 365 g/mol. The van der Waals surface area contributed by atoms with Crippen molar-refractivity contribution in [1.29, 1.82) is 0 Å². The van der Waals surface area contributed by atoms with Gasteiger partial charge in [0, 0.05) is 26.2 Å². The van der Waals surface area contributed by atoms with Gasteiger partial charge in [0.05, 0.1) is 6.26 Å². The van der Waals surface area contributed by atoms with E-state index in [4.69, 9.17) is 9.15 Å². The number of furan rings is 1. The van der Waals surface area contributed by atoms with E-state index in [1.54, 1.807) is 37.8 Å². The Kier molecular flexibility index (Phi) is 6.28. The van der Waals surface area contributed by atoms with E-state index in [-0.39, 0.29) is 24.4 Å². The van der Waals surface area contributed by atoms with Crippen LogP contribution in [-0.2, 0) is 9.53 Å². The molecule has 2 rings (SSSR count). The van der Waals surface area contributed by atoms with Crippen molar-refractivity contribution in [2.75, 3.05) is 26.7 Å². The van der Waals surface area contributed by atoms with Gasteiger partial charge in [0.15, 0.2) is 5.76 Å². The second-order valence-corrected chi connectivity index (χ2v) is 7.45. The lowest BCUT2D eigenvalue weighted by Crippen LogP contribution is -2.49. The fraction of sp³-hybridized carbons (Fsp3) is 0.611. The Balaban J connectivity index is 1.74. The molecule has 2 heterocycles. The summed E-state index contributed by atoms with van der Waals surface area (Å²) in [5.74, 6) is -0.0509. The summed E-state index contributed by atoms with van der Waals surface area (Å²) < 4.78 is 10.4. The highest BCUT2D eigenvalue weighted by Gasteiger charge is 2.27. The van der Waals surface area contributed by atoms with Gasteiger partial charge in [-0.2, -0.15) is 0 Å². The quantitative estimate of drug-likeness (QED) is 0.879. The number of nitrogens with zero attached hydrogens (tertiary/aromatic N) is 2. The molecule has 0 spiro atoms. The van der Waals surface area contributed by atoms with Crippen LogP contribution < -0.4 is 5.32 Å². The molecular formula is C18H27N3O5. The first-order chi connectivity index (χ1) is 12.2. The maximum atomic E-state index is 12.2. The van der Waals surface area contributed by atoms with Crippen molar-refractivity contribution in [3.05, 3.63) is 24.2 Å². The van der Waals surface area contributed by atoms with E-state index in [2.05, 4.69) is 5.32 Å². The summed E-state index contributed by atoms with van der Waals surface area (Å²) in [7, 11) is 1.53. The number of ether oxygens (including phenoxy) is 1. The van der Waals surface area contributed by atoms with Crippen molar-refractivity contribution in [2.45, 2.75) is 45.3 Å². The number of likely N-dealkylation sites (N-methyl/N-ethyl adjacent to an activating group) is 1. The number of nitrogens with one attached hydrogen (secondary N) is 1. The smallest absolute Gasteiger partial charge is 0.410 e. The molecule has 1 aliphatic heterocycles. The van der Waals surface area contributed by atoms with Gasteiger partial charge >= 0.3 is 6.09 Å². The zero-order chi connectivity index (χ0) is 19.3. The first-order valence-corrected chi connectivity index (χ1v) is 8.72.